The third kappa shape index (κ3) is 3.35. The first-order valence-electron chi connectivity index (χ1n) is 4.81. The van der Waals surface area contributed by atoms with Gasteiger partial charge in [-0.15, -0.1) is 0 Å². The van der Waals surface area contributed by atoms with Crippen molar-refractivity contribution in [1.82, 2.24) is 0 Å². The molecule has 15 heavy (non-hydrogen) atoms. The molecule has 1 rings (SSSR count). The summed E-state index contributed by atoms with van der Waals surface area (Å²) >= 11 is 11.6. The minimum Gasteiger partial charge on any atom is -0.386 e. The van der Waals surface area contributed by atoms with Crippen LogP contribution in [0.5, 0.6) is 0 Å². The van der Waals surface area contributed by atoms with Crippen molar-refractivity contribution in [2.75, 3.05) is 6.61 Å². The molecule has 0 aliphatic rings. The first-order valence-corrected chi connectivity index (χ1v) is 5.56. The molecule has 0 saturated heterocycles. The van der Waals surface area contributed by atoms with Crippen molar-refractivity contribution < 1.29 is 9.84 Å². The zero-order chi connectivity index (χ0) is 11.4. The summed E-state index contributed by atoms with van der Waals surface area (Å²) in [5.41, 5.74) is 0.713. The smallest absolute Gasteiger partial charge is 0.105 e. The molecule has 1 N–H and O–H groups in total. The Kier molecular flexibility index (Phi) is 4.87. The van der Waals surface area contributed by atoms with Gasteiger partial charge in [-0.25, -0.2) is 0 Å². The van der Waals surface area contributed by atoms with Gasteiger partial charge in [-0.1, -0.05) is 29.3 Å². The molecule has 1 aromatic rings. The second kappa shape index (κ2) is 5.71. The molecule has 0 aliphatic carbocycles. The molecule has 2 nitrogen and oxygen atoms in total. The minimum absolute atomic E-state index is 0.257. The molecular formula is C11H14Cl2O2. The molecule has 0 aliphatic heterocycles. The Morgan fingerprint density at radius 2 is 2.00 bits per heavy atom. The molecule has 4 heteroatoms. The molecule has 84 valence electrons. The van der Waals surface area contributed by atoms with Crippen LogP contribution in [0.4, 0.5) is 0 Å². The Bertz CT molecular complexity index is 328. The minimum atomic E-state index is -0.681. The zero-order valence-corrected chi connectivity index (χ0v) is 10.2. The molecule has 2 unspecified atom stereocenters. The van der Waals surface area contributed by atoms with Gasteiger partial charge in [0.1, 0.15) is 6.10 Å². The highest BCUT2D eigenvalue weighted by Gasteiger charge is 2.17. The maximum absolute atomic E-state index is 9.91. The lowest BCUT2D eigenvalue weighted by Gasteiger charge is -2.19. The summed E-state index contributed by atoms with van der Waals surface area (Å²) < 4.78 is 5.30. The van der Waals surface area contributed by atoms with Crippen LogP contribution < -0.4 is 0 Å². The number of rotatable bonds is 4. The van der Waals surface area contributed by atoms with Gasteiger partial charge in [0.05, 0.1) is 16.1 Å². The van der Waals surface area contributed by atoms with E-state index in [2.05, 4.69) is 0 Å². The van der Waals surface area contributed by atoms with Gasteiger partial charge in [0, 0.05) is 6.61 Å². The number of benzene rings is 1. The van der Waals surface area contributed by atoms with Gasteiger partial charge in [0.15, 0.2) is 0 Å². The molecular weight excluding hydrogens is 235 g/mol. The van der Waals surface area contributed by atoms with E-state index in [-0.39, 0.29) is 6.10 Å². The maximum Gasteiger partial charge on any atom is 0.105 e. The molecule has 2 atom stereocenters. The van der Waals surface area contributed by atoms with Gasteiger partial charge >= 0.3 is 0 Å². The van der Waals surface area contributed by atoms with Gasteiger partial charge in [0.25, 0.3) is 0 Å². The fourth-order valence-electron chi connectivity index (χ4n) is 1.32. The highest BCUT2D eigenvalue weighted by atomic mass is 35.5. The number of halogens is 2. The van der Waals surface area contributed by atoms with E-state index in [0.29, 0.717) is 22.2 Å². The zero-order valence-electron chi connectivity index (χ0n) is 8.71. The molecule has 0 saturated carbocycles. The summed E-state index contributed by atoms with van der Waals surface area (Å²) in [4.78, 5) is 0. The fraction of sp³-hybridized carbons (Fsp3) is 0.455. The second-order valence-electron chi connectivity index (χ2n) is 3.28. The number of aliphatic hydroxyl groups excluding tert-OH is 1. The van der Waals surface area contributed by atoms with Gasteiger partial charge in [-0.05, 0) is 31.5 Å². The van der Waals surface area contributed by atoms with Crippen molar-refractivity contribution in [1.29, 1.82) is 0 Å². The highest BCUT2D eigenvalue weighted by molar-refractivity contribution is 6.42. The number of hydrogen-bond acceptors (Lipinski definition) is 2. The number of aliphatic hydroxyl groups is 1. The van der Waals surface area contributed by atoms with Gasteiger partial charge in [-0.3, -0.25) is 0 Å². The van der Waals surface area contributed by atoms with Crippen molar-refractivity contribution in [3.05, 3.63) is 33.8 Å². The molecule has 0 radical (unpaired) electrons. The van der Waals surface area contributed by atoms with Crippen LogP contribution >= 0.6 is 23.2 Å². The average Bonchev–Trinajstić information content (AvgIpc) is 2.21. The van der Waals surface area contributed by atoms with Crippen LogP contribution in [0.3, 0.4) is 0 Å². The molecule has 0 heterocycles. The van der Waals surface area contributed by atoms with Gasteiger partial charge < -0.3 is 9.84 Å². The van der Waals surface area contributed by atoms with Crippen LogP contribution in [0.25, 0.3) is 0 Å². The van der Waals surface area contributed by atoms with E-state index < -0.39 is 6.10 Å². The fourth-order valence-corrected chi connectivity index (χ4v) is 1.63. The number of hydrogen-bond donors (Lipinski definition) is 1. The predicted molar refractivity (Wildman–Crippen MR) is 62.5 cm³/mol. The third-order valence-corrected chi connectivity index (χ3v) is 2.90. The Balaban J connectivity index is 2.81. The Labute approximate surface area is 99.8 Å². The summed E-state index contributed by atoms with van der Waals surface area (Å²) in [5.74, 6) is 0. The van der Waals surface area contributed by atoms with Crippen molar-refractivity contribution >= 4 is 23.2 Å². The topological polar surface area (TPSA) is 29.5 Å². The summed E-state index contributed by atoms with van der Waals surface area (Å²) in [6, 6.07) is 5.07. The number of ether oxygens (including phenoxy) is 1. The van der Waals surface area contributed by atoms with Crippen LogP contribution in [-0.2, 0) is 4.74 Å². The second-order valence-corrected chi connectivity index (χ2v) is 4.09. The van der Waals surface area contributed by atoms with E-state index >= 15 is 0 Å². The first-order chi connectivity index (χ1) is 7.06. The largest absolute Gasteiger partial charge is 0.386 e. The van der Waals surface area contributed by atoms with E-state index in [9.17, 15) is 5.11 Å². The Hall–Kier alpha value is -0.280. The summed E-state index contributed by atoms with van der Waals surface area (Å²) in [5, 5.41) is 10.8. The summed E-state index contributed by atoms with van der Waals surface area (Å²) in [7, 11) is 0. The van der Waals surface area contributed by atoms with Gasteiger partial charge in [0.2, 0.25) is 0 Å². The molecule has 0 bridgehead atoms. The third-order valence-electron chi connectivity index (χ3n) is 2.16. The van der Waals surface area contributed by atoms with Crippen molar-refractivity contribution in [2.24, 2.45) is 0 Å². The van der Waals surface area contributed by atoms with Crippen molar-refractivity contribution in [3.63, 3.8) is 0 Å². The standard InChI is InChI=1S/C11H14Cl2O2/c1-3-15-7(2)11(14)8-4-5-9(12)10(13)6-8/h4-7,11,14H,3H2,1-2H3. The summed E-state index contributed by atoms with van der Waals surface area (Å²) in [6.45, 7) is 4.27. The van der Waals surface area contributed by atoms with Crippen LogP contribution in [0.2, 0.25) is 10.0 Å². The van der Waals surface area contributed by atoms with E-state index in [0.717, 1.165) is 0 Å². The van der Waals surface area contributed by atoms with Crippen LogP contribution in [0.1, 0.15) is 25.5 Å². The van der Waals surface area contributed by atoms with Crippen LogP contribution in [-0.4, -0.2) is 17.8 Å². The van der Waals surface area contributed by atoms with Crippen molar-refractivity contribution in [3.8, 4) is 0 Å². The Morgan fingerprint density at radius 1 is 1.33 bits per heavy atom. The lowest BCUT2D eigenvalue weighted by molar-refractivity contribution is -0.0227. The SMILES string of the molecule is CCOC(C)C(O)c1ccc(Cl)c(Cl)c1. The maximum atomic E-state index is 9.91. The van der Waals surface area contributed by atoms with Crippen LogP contribution in [0.15, 0.2) is 18.2 Å². The quantitative estimate of drug-likeness (QED) is 0.885. The van der Waals surface area contributed by atoms with E-state index in [1.165, 1.54) is 0 Å². The van der Waals surface area contributed by atoms with E-state index in [4.69, 9.17) is 27.9 Å². The normalized spacial score (nSPS) is 15.0. The predicted octanol–water partition coefficient (Wildman–Crippen LogP) is 3.45. The van der Waals surface area contributed by atoms with E-state index in [1.54, 1.807) is 18.2 Å². The lowest BCUT2D eigenvalue weighted by Crippen LogP contribution is -2.18. The molecule has 0 amide bonds. The summed E-state index contributed by atoms with van der Waals surface area (Å²) in [6.07, 6.45) is -0.938. The highest BCUT2D eigenvalue weighted by Crippen LogP contribution is 2.27. The van der Waals surface area contributed by atoms with Gasteiger partial charge in [-0.2, -0.15) is 0 Å². The van der Waals surface area contributed by atoms with Crippen molar-refractivity contribution in [2.45, 2.75) is 26.1 Å². The average molecular weight is 249 g/mol. The lowest BCUT2D eigenvalue weighted by atomic mass is 10.1. The molecule has 1 aromatic carbocycles. The van der Waals surface area contributed by atoms with E-state index in [1.807, 2.05) is 13.8 Å². The first kappa shape index (κ1) is 12.8. The monoisotopic (exact) mass is 248 g/mol. The molecule has 0 spiro atoms. The molecule has 0 aromatic heterocycles. The Morgan fingerprint density at radius 3 is 2.53 bits per heavy atom. The molecule has 0 fully saturated rings. The van der Waals surface area contributed by atoms with Crippen LogP contribution in [0, 0.1) is 0 Å².